The Morgan fingerprint density at radius 1 is 1.28 bits per heavy atom. The summed E-state index contributed by atoms with van der Waals surface area (Å²) in [6, 6.07) is 13.2. The molecule has 0 amide bonds. The van der Waals surface area contributed by atoms with Gasteiger partial charge in [-0.25, -0.2) is 0 Å². The Balaban J connectivity index is 2.13. The number of nitrogens with zero attached hydrogens (tertiary/aromatic N) is 3. The summed E-state index contributed by atoms with van der Waals surface area (Å²) in [6.07, 6.45) is 3.30. The Kier molecular flexibility index (Phi) is 3.29. The van der Waals surface area contributed by atoms with Gasteiger partial charge in [0, 0.05) is 24.7 Å². The number of carbonyl (C=O) groups is 1. The molecule has 6 heteroatoms. The van der Waals surface area contributed by atoms with Crippen LogP contribution in [-0.4, -0.2) is 15.5 Å². The van der Waals surface area contributed by atoms with Crippen molar-refractivity contribution in [3.05, 3.63) is 71.5 Å². The number of carbonyl (C=O) groups excluding carboxylic acids is 1. The van der Waals surface area contributed by atoms with Crippen LogP contribution in [0.3, 0.4) is 0 Å². The second-order valence-corrected chi connectivity index (χ2v) is 5.79. The number of ether oxygens (including phenoxy) is 1. The summed E-state index contributed by atoms with van der Waals surface area (Å²) in [7, 11) is 0. The third-order valence-corrected chi connectivity index (χ3v) is 4.38. The van der Waals surface area contributed by atoms with Gasteiger partial charge >= 0.3 is 0 Å². The maximum absolute atomic E-state index is 12.4. The number of pyridine rings is 1. The van der Waals surface area contributed by atoms with Crippen molar-refractivity contribution < 1.29 is 9.53 Å². The number of hydrogen-bond acceptors (Lipinski definition) is 5. The van der Waals surface area contributed by atoms with Gasteiger partial charge in [0.1, 0.15) is 11.6 Å². The van der Waals surface area contributed by atoms with E-state index in [2.05, 4.69) is 11.1 Å². The molecule has 6 nitrogen and oxygen atoms in total. The molecule has 1 unspecified atom stereocenters. The average Bonchev–Trinajstić information content (AvgIpc) is 2.95. The van der Waals surface area contributed by atoms with E-state index in [1.807, 2.05) is 36.4 Å². The van der Waals surface area contributed by atoms with Gasteiger partial charge < -0.3 is 10.5 Å². The van der Waals surface area contributed by atoms with Crippen LogP contribution in [0, 0.1) is 11.3 Å². The van der Waals surface area contributed by atoms with Gasteiger partial charge in [0.25, 0.3) is 0 Å². The fraction of sp³-hybridized carbons (Fsp3) is 0.105. The van der Waals surface area contributed by atoms with Crippen LogP contribution in [0.25, 0.3) is 10.9 Å². The minimum absolute atomic E-state index is 0.0586. The molecule has 25 heavy (non-hydrogen) atoms. The Morgan fingerprint density at radius 2 is 2.00 bits per heavy atom. The Labute approximate surface area is 143 Å². The Hall–Kier alpha value is -3.59. The summed E-state index contributed by atoms with van der Waals surface area (Å²) >= 11 is 0. The molecule has 2 aromatic heterocycles. The molecule has 0 spiro atoms. The lowest BCUT2D eigenvalue weighted by atomic mass is 9.87. The summed E-state index contributed by atoms with van der Waals surface area (Å²) < 4.78 is 7.37. The van der Waals surface area contributed by atoms with Crippen LogP contribution < -0.4 is 10.5 Å². The summed E-state index contributed by atoms with van der Waals surface area (Å²) in [6.45, 7) is 1.49. The highest BCUT2D eigenvalue weighted by molar-refractivity contribution is 5.98. The summed E-state index contributed by atoms with van der Waals surface area (Å²) in [5.74, 6) is -0.0710. The third-order valence-electron chi connectivity index (χ3n) is 4.38. The fourth-order valence-corrected chi connectivity index (χ4v) is 3.38. The van der Waals surface area contributed by atoms with E-state index in [-0.39, 0.29) is 17.4 Å². The van der Waals surface area contributed by atoms with Gasteiger partial charge in [-0.1, -0.05) is 12.1 Å². The molecular formula is C19H14N4O2. The molecule has 0 fully saturated rings. The third kappa shape index (κ3) is 2.10. The molecule has 1 aliphatic rings. The molecule has 3 aromatic rings. The number of nitrogens with two attached hydrogens (primary N) is 1. The predicted molar refractivity (Wildman–Crippen MR) is 91.8 cm³/mol. The van der Waals surface area contributed by atoms with Gasteiger partial charge in [-0.15, -0.1) is 0 Å². The van der Waals surface area contributed by atoms with Crippen LogP contribution in [0.2, 0.25) is 0 Å². The molecule has 2 N–H and O–H groups in total. The van der Waals surface area contributed by atoms with E-state index in [4.69, 9.17) is 10.5 Å². The van der Waals surface area contributed by atoms with Crippen molar-refractivity contribution in [1.29, 1.82) is 5.26 Å². The molecule has 0 aliphatic carbocycles. The lowest BCUT2D eigenvalue weighted by Gasteiger charge is -2.25. The van der Waals surface area contributed by atoms with E-state index in [0.717, 1.165) is 16.5 Å². The molecule has 0 saturated heterocycles. The molecule has 0 radical (unpaired) electrons. The van der Waals surface area contributed by atoms with E-state index < -0.39 is 5.92 Å². The van der Waals surface area contributed by atoms with Crippen molar-refractivity contribution in [3.8, 4) is 11.8 Å². The molecule has 1 aromatic carbocycles. The summed E-state index contributed by atoms with van der Waals surface area (Å²) in [5, 5.41) is 10.4. The molecule has 4 rings (SSSR count). The molecular weight excluding hydrogens is 316 g/mol. The first-order valence-electron chi connectivity index (χ1n) is 7.75. The second kappa shape index (κ2) is 5.49. The van der Waals surface area contributed by atoms with Crippen molar-refractivity contribution in [2.45, 2.75) is 12.8 Å². The quantitative estimate of drug-likeness (QED) is 0.740. The van der Waals surface area contributed by atoms with Gasteiger partial charge in [-0.3, -0.25) is 14.3 Å². The number of rotatable bonds is 1. The van der Waals surface area contributed by atoms with E-state index in [1.54, 1.807) is 17.0 Å². The lowest BCUT2D eigenvalue weighted by Crippen LogP contribution is -2.24. The number of benzene rings is 1. The van der Waals surface area contributed by atoms with Gasteiger partial charge in [0.05, 0.1) is 17.1 Å². The molecule has 0 saturated carbocycles. The van der Waals surface area contributed by atoms with Crippen molar-refractivity contribution in [2.75, 3.05) is 0 Å². The van der Waals surface area contributed by atoms with Crippen LogP contribution in [0.1, 0.15) is 28.9 Å². The summed E-state index contributed by atoms with van der Waals surface area (Å²) in [4.78, 5) is 16.4. The fourth-order valence-electron chi connectivity index (χ4n) is 3.38. The number of aromatic nitrogens is 2. The number of para-hydroxylation sites is 1. The lowest BCUT2D eigenvalue weighted by molar-refractivity contribution is 0.0937. The van der Waals surface area contributed by atoms with Gasteiger partial charge in [-0.2, -0.15) is 5.26 Å². The first-order valence-corrected chi connectivity index (χ1v) is 7.75. The average molecular weight is 330 g/mol. The standard InChI is InChI=1S/C19H14N4O2/c1-11(24)23-15-5-3-2-4-13(15)18-17(23)16(12-6-8-22-9-7-12)14(10-20)19(21)25-18/h2-9,16H,21H2,1H3. The van der Waals surface area contributed by atoms with Crippen molar-refractivity contribution in [1.82, 2.24) is 9.55 Å². The van der Waals surface area contributed by atoms with Gasteiger partial charge in [-0.05, 0) is 29.8 Å². The van der Waals surface area contributed by atoms with Crippen molar-refractivity contribution in [2.24, 2.45) is 5.73 Å². The monoisotopic (exact) mass is 330 g/mol. The zero-order valence-corrected chi connectivity index (χ0v) is 13.4. The SMILES string of the molecule is CC(=O)n1c2c(c3ccccc31)OC(N)=C(C#N)C2c1ccncc1. The van der Waals surface area contributed by atoms with E-state index >= 15 is 0 Å². The van der Waals surface area contributed by atoms with Crippen molar-refractivity contribution in [3.63, 3.8) is 0 Å². The largest absolute Gasteiger partial charge is 0.438 e. The number of allylic oxidation sites excluding steroid dienone is 1. The number of nitriles is 1. The minimum atomic E-state index is -0.493. The number of hydrogen-bond donors (Lipinski definition) is 1. The maximum atomic E-state index is 12.4. The van der Waals surface area contributed by atoms with Gasteiger partial charge in [0.2, 0.25) is 11.8 Å². The highest BCUT2D eigenvalue weighted by Gasteiger charge is 2.36. The zero-order valence-electron chi connectivity index (χ0n) is 13.4. The van der Waals surface area contributed by atoms with E-state index in [0.29, 0.717) is 11.4 Å². The highest BCUT2D eigenvalue weighted by atomic mass is 16.5. The van der Waals surface area contributed by atoms with Gasteiger partial charge in [0.15, 0.2) is 5.75 Å². The molecule has 3 heterocycles. The van der Waals surface area contributed by atoms with Crippen LogP contribution in [0.4, 0.5) is 0 Å². The normalized spacial score (nSPS) is 16.2. The van der Waals surface area contributed by atoms with Crippen molar-refractivity contribution >= 4 is 16.8 Å². The Morgan fingerprint density at radius 3 is 2.68 bits per heavy atom. The predicted octanol–water partition coefficient (Wildman–Crippen LogP) is 2.91. The maximum Gasteiger partial charge on any atom is 0.228 e. The van der Waals surface area contributed by atoms with Crippen LogP contribution in [-0.2, 0) is 0 Å². The van der Waals surface area contributed by atoms with Crippen LogP contribution in [0.15, 0.2) is 60.2 Å². The highest BCUT2D eigenvalue weighted by Crippen LogP contribution is 2.47. The molecule has 1 aliphatic heterocycles. The van der Waals surface area contributed by atoms with Crippen LogP contribution in [0.5, 0.6) is 5.75 Å². The van der Waals surface area contributed by atoms with E-state index in [1.165, 1.54) is 6.92 Å². The number of fused-ring (bicyclic) bond motifs is 3. The molecule has 0 bridgehead atoms. The zero-order chi connectivity index (χ0) is 17.6. The minimum Gasteiger partial charge on any atom is -0.438 e. The summed E-state index contributed by atoms with van der Waals surface area (Å²) in [5.41, 5.74) is 8.48. The van der Waals surface area contributed by atoms with E-state index in [9.17, 15) is 10.1 Å². The Bertz CT molecular complexity index is 1070. The first kappa shape index (κ1) is 15.0. The first-order chi connectivity index (χ1) is 12.1. The molecule has 122 valence electrons. The molecule has 1 atom stereocenters. The van der Waals surface area contributed by atoms with Crippen LogP contribution >= 0.6 is 0 Å². The second-order valence-electron chi connectivity index (χ2n) is 5.79. The topological polar surface area (TPSA) is 93.9 Å². The smallest absolute Gasteiger partial charge is 0.228 e.